The number of nitrogens with two attached hydrogens (primary N) is 1. The van der Waals surface area contributed by atoms with Crippen LogP contribution in [0.2, 0.25) is 0 Å². The summed E-state index contributed by atoms with van der Waals surface area (Å²) in [5.41, 5.74) is 10.2. The van der Waals surface area contributed by atoms with E-state index in [1.807, 2.05) is 24.3 Å². The number of rotatable bonds is 3. The van der Waals surface area contributed by atoms with Gasteiger partial charge in [-0.3, -0.25) is 0 Å². The van der Waals surface area contributed by atoms with Crippen LogP contribution in [0.5, 0.6) is 5.75 Å². The van der Waals surface area contributed by atoms with Gasteiger partial charge in [0.25, 0.3) is 0 Å². The molecule has 0 aromatic heterocycles. The number of benzene rings is 2. The van der Waals surface area contributed by atoms with E-state index < -0.39 is 0 Å². The van der Waals surface area contributed by atoms with Gasteiger partial charge in [0, 0.05) is 11.8 Å². The van der Waals surface area contributed by atoms with Crippen LogP contribution in [-0.2, 0) is 6.61 Å². The van der Waals surface area contributed by atoms with Crippen molar-refractivity contribution in [2.45, 2.75) is 20.5 Å². The SMILES string of the molecule is Cc1ccc(COc2cccc(N)c2)cc1C. The zero-order valence-electron chi connectivity index (χ0n) is 10.2. The van der Waals surface area contributed by atoms with Crippen LogP contribution in [-0.4, -0.2) is 0 Å². The minimum Gasteiger partial charge on any atom is -0.489 e. The summed E-state index contributed by atoms with van der Waals surface area (Å²) in [4.78, 5) is 0. The lowest BCUT2D eigenvalue weighted by molar-refractivity contribution is 0.306. The highest BCUT2D eigenvalue weighted by Gasteiger charge is 1.98. The maximum Gasteiger partial charge on any atom is 0.121 e. The Hall–Kier alpha value is -1.96. The summed E-state index contributed by atoms with van der Waals surface area (Å²) in [6.07, 6.45) is 0. The summed E-state index contributed by atoms with van der Waals surface area (Å²) in [7, 11) is 0. The highest BCUT2D eigenvalue weighted by Crippen LogP contribution is 2.17. The molecule has 0 spiro atoms. The molecule has 17 heavy (non-hydrogen) atoms. The zero-order valence-corrected chi connectivity index (χ0v) is 10.2. The van der Waals surface area contributed by atoms with Crippen molar-refractivity contribution in [3.05, 3.63) is 59.2 Å². The molecule has 2 aromatic rings. The van der Waals surface area contributed by atoms with Gasteiger partial charge in [-0.2, -0.15) is 0 Å². The molecule has 0 unspecified atom stereocenters. The molecule has 0 heterocycles. The maximum atomic E-state index is 5.69. The van der Waals surface area contributed by atoms with Crippen LogP contribution < -0.4 is 10.5 Å². The number of nitrogen functional groups attached to an aromatic ring is 1. The Morgan fingerprint density at radius 3 is 2.53 bits per heavy atom. The van der Waals surface area contributed by atoms with E-state index in [1.54, 1.807) is 0 Å². The molecule has 2 N–H and O–H groups in total. The molecule has 0 fully saturated rings. The van der Waals surface area contributed by atoms with Gasteiger partial charge < -0.3 is 10.5 Å². The van der Waals surface area contributed by atoms with Gasteiger partial charge in [-0.05, 0) is 42.7 Å². The molecule has 2 heteroatoms. The molecule has 0 saturated heterocycles. The fraction of sp³-hybridized carbons (Fsp3) is 0.200. The lowest BCUT2D eigenvalue weighted by Crippen LogP contribution is -1.97. The van der Waals surface area contributed by atoms with Crippen molar-refractivity contribution < 1.29 is 4.74 Å². The molecular formula is C15H17NO. The zero-order chi connectivity index (χ0) is 12.3. The molecule has 2 rings (SSSR count). The van der Waals surface area contributed by atoms with Crippen molar-refractivity contribution in [3.8, 4) is 5.75 Å². The molecule has 0 saturated carbocycles. The smallest absolute Gasteiger partial charge is 0.121 e. The van der Waals surface area contributed by atoms with Gasteiger partial charge in [-0.25, -0.2) is 0 Å². The Bertz CT molecular complexity index is 520. The minimum atomic E-state index is 0.574. The first-order valence-corrected chi connectivity index (χ1v) is 5.69. The predicted molar refractivity (Wildman–Crippen MR) is 71.1 cm³/mol. The molecule has 0 amide bonds. The van der Waals surface area contributed by atoms with E-state index in [0.29, 0.717) is 6.61 Å². The van der Waals surface area contributed by atoms with Crippen molar-refractivity contribution in [1.29, 1.82) is 0 Å². The van der Waals surface area contributed by atoms with Crippen LogP contribution in [0.15, 0.2) is 42.5 Å². The maximum absolute atomic E-state index is 5.69. The van der Waals surface area contributed by atoms with Crippen LogP contribution in [0.25, 0.3) is 0 Å². The van der Waals surface area contributed by atoms with E-state index in [0.717, 1.165) is 11.4 Å². The predicted octanol–water partition coefficient (Wildman–Crippen LogP) is 3.46. The summed E-state index contributed by atoms with van der Waals surface area (Å²) < 4.78 is 5.69. The number of hydrogen-bond acceptors (Lipinski definition) is 2. The first kappa shape index (κ1) is 11.5. The summed E-state index contributed by atoms with van der Waals surface area (Å²) >= 11 is 0. The number of hydrogen-bond donors (Lipinski definition) is 1. The molecule has 88 valence electrons. The van der Waals surface area contributed by atoms with Gasteiger partial charge >= 0.3 is 0 Å². The van der Waals surface area contributed by atoms with Crippen LogP contribution in [0.1, 0.15) is 16.7 Å². The minimum absolute atomic E-state index is 0.574. The quantitative estimate of drug-likeness (QED) is 0.815. The number of anilines is 1. The van der Waals surface area contributed by atoms with Crippen molar-refractivity contribution in [3.63, 3.8) is 0 Å². The Morgan fingerprint density at radius 1 is 1.00 bits per heavy atom. The second-order valence-electron chi connectivity index (χ2n) is 4.28. The molecule has 2 nitrogen and oxygen atoms in total. The molecule has 0 aliphatic heterocycles. The van der Waals surface area contributed by atoms with Crippen LogP contribution in [0.3, 0.4) is 0 Å². The fourth-order valence-electron chi connectivity index (χ4n) is 1.66. The topological polar surface area (TPSA) is 35.2 Å². The van der Waals surface area contributed by atoms with E-state index in [-0.39, 0.29) is 0 Å². The van der Waals surface area contributed by atoms with Gasteiger partial charge in [-0.1, -0.05) is 24.3 Å². The van der Waals surface area contributed by atoms with Gasteiger partial charge in [0.15, 0.2) is 0 Å². The van der Waals surface area contributed by atoms with Gasteiger partial charge in [0.1, 0.15) is 12.4 Å². The summed E-state index contributed by atoms with van der Waals surface area (Å²) in [6.45, 7) is 4.79. The number of ether oxygens (including phenoxy) is 1. The van der Waals surface area contributed by atoms with Crippen molar-refractivity contribution in [2.75, 3.05) is 5.73 Å². The monoisotopic (exact) mass is 227 g/mol. The molecule has 0 bridgehead atoms. The van der Waals surface area contributed by atoms with E-state index in [2.05, 4.69) is 32.0 Å². The van der Waals surface area contributed by atoms with Gasteiger partial charge in [0.05, 0.1) is 0 Å². The average molecular weight is 227 g/mol. The lowest BCUT2D eigenvalue weighted by Gasteiger charge is -2.08. The van der Waals surface area contributed by atoms with E-state index in [4.69, 9.17) is 10.5 Å². The average Bonchev–Trinajstić information content (AvgIpc) is 2.31. The van der Waals surface area contributed by atoms with E-state index in [1.165, 1.54) is 16.7 Å². The standard InChI is InChI=1S/C15H17NO/c1-11-6-7-13(8-12(11)2)10-17-15-5-3-4-14(16)9-15/h3-9H,10,16H2,1-2H3. The Morgan fingerprint density at radius 2 is 1.82 bits per heavy atom. The van der Waals surface area contributed by atoms with Gasteiger partial charge in [-0.15, -0.1) is 0 Å². The third-order valence-electron chi connectivity index (χ3n) is 2.83. The van der Waals surface area contributed by atoms with E-state index in [9.17, 15) is 0 Å². The summed E-state index contributed by atoms with van der Waals surface area (Å²) in [5, 5.41) is 0. The molecule has 0 aliphatic carbocycles. The molecule has 0 radical (unpaired) electrons. The molecule has 0 atom stereocenters. The first-order chi connectivity index (χ1) is 8.15. The highest BCUT2D eigenvalue weighted by molar-refractivity contribution is 5.43. The fourth-order valence-corrected chi connectivity index (χ4v) is 1.66. The van der Waals surface area contributed by atoms with Gasteiger partial charge in [0.2, 0.25) is 0 Å². The Labute approximate surface area is 102 Å². The molecule has 2 aromatic carbocycles. The molecular weight excluding hydrogens is 210 g/mol. The third-order valence-corrected chi connectivity index (χ3v) is 2.83. The summed E-state index contributed by atoms with van der Waals surface area (Å²) in [6, 6.07) is 13.9. The van der Waals surface area contributed by atoms with Crippen molar-refractivity contribution >= 4 is 5.69 Å². The van der Waals surface area contributed by atoms with E-state index >= 15 is 0 Å². The normalized spacial score (nSPS) is 10.2. The van der Waals surface area contributed by atoms with Crippen LogP contribution in [0, 0.1) is 13.8 Å². The Balaban J connectivity index is 2.05. The third kappa shape index (κ3) is 3.00. The van der Waals surface area contributed by atoms with Crippen molar-refractivity contribution in [1.82, 2.24) is 0 Å². The van der Waals surface area contributed by atoms with Crippen LogP contribution >= 0.6 is 0 Å². The largest absolute Gasteiger partial charge is 0.489 e. The second-order valence-corrected chi connectivity index (χ2v) is 4.28. The lowest BCUT2D eigenvalue weighted by atomic mass is 10.1. The second kappa shape index (κ2) is 4.91. The highest BCUT2D eigenvalue weighted by atomic mass is 16.5. The molecule has 0 aliphatic rings. The number of aryl methyl sites for hydroxylation is 2. The Kier molecular flexibility index (Phi) is 3.33. The first-order valence-electron chi connectivity index (χ1n) is 5.69. The van der Waals surface area contributed by atoms with Crippen molar-refractivity contribution in [2.24, 2.45) is 0 Å². The van der Waals surface area contributed by atoms with Crippen LogP contribution in [0.4, 0.5) is 5.69 Å². The summed E-state index contributed by atoms with van der Waals surface area (Å²) in [5.74, 6) is 0.809.